The van der Waals surface area contributed by atoms with E-state index in [1.54, 1.807) is 17.7 Å². The summed E-state index contributed by atoms with van der Waals surface area (Å²) in [5, 5.41) is 4.57. The maximum atomic E-state index is 12.9. The van der Waals surface area contributed by atoms with E-state index in [1.807, 2.05) is 54.2 Å². The van der Waals surface area contributed by atoms with Crippen molar-refractivity contribution in [2.75, 3.05) is 39.2 Å². The normalized spacial score (nSPS) is 14.3. The quantitative estimate of drug-likeness (QED) is 0.697. The molecule has 0 aliphatic carbocycles. The summed E-state index contributed by atoms with van der Waals surface area (Å²) in [6, 6.07) is 11.6. The van der Waals surface area contributed by atoms with E-state index < -0.39 is 0 Å². The molecule has 0 saturated carbocycles. The van der Waals surface area contributed by atoms with Crippen LogP contribution in [0.15, 0.2) is 36.4 Å². The second kappa shape index (κ2) is 7.50. The summed E-state index contributed by atoms with van der Waals surface area (Å²) in [4.78, 5) is 21.5. The lowest BCUT2D eigenvalue weighted by Gasteiger charge is -2.25. The van der Waals surface area contributed by atoms with Gasteiger partial charge in [0.1, 0.15) is 11.6 Å². The van der Waals surface area contributed by atoms with Gasteiger partial charge in [0, 0.05) is 44.9 Å². The molecule has 1 aromatic carbocycles. The highest BCUT2D eigenvalue weighted by Gasteiger charge is 2.22. The fourth-order valence-corrected chi connectivity index (χ4v) is 3.55. The van der Waals surface area contributed by atoms with E-state index in [2.05, 4.69) is 5.10 Å². The van der Waals surface area contributed by atoms with Crippen LogP contribution in [0.5, 0.6) is 5.75 Å². The Morgan fingerprint density at radius 2 is 1.79 bits per heavy atom. The molecule has 0 radical (unpaired) electrons. The predicted molar refractivity (Wildman–Crippen MR) is 109 cm³/mol. The van der Waals surface area contributed by atoms with Crippen LogP contribution in [0.3, 0.4) is 0 Å². The van der Waals surface area contributed by atoms with Crippen LogP contribution >= 0.6 is 0 Å². The summed E-state index contributed by atoms with van der Waals surface area (Å²) >= 11 is 0. The van der Waals surface area contributed by atoms with Crippen molar-refractivity contribution in [1.29, 1.82) is 0 Å². The lowest BCUT2D eigenvalue weighted by Crippen LogP contribution is -2.35. The summed E-state index contributed by atoms with van der Waals surface area (Å²) < 4.78 is 6.98. The average Bonchev–Trinajstić information content (AvgIpc) is 3.17. The van der Waals surface area contributed by atoms with Crippen molar-refractivity contribution >= 4 is 17.4 Å². The fourth-order valence-electron chi connectivity index (χ4n) is 3.55. The molecule has 1 aliphatic rings. The maximum Gasteiger partial charge on any atom is 0.274 e. The van der Waals surface area contributed by atoms with Gasteiger partial charge in [-0.25, -0.2) is 4.98 Å². The molecule has 0 unspecified atom stereocenters. The van der Waals surface area contributed by atoms with Crippen LogP contribution in [0.1, 0.15) is 29.8 Å². The Morgan fingerprint density at radius 1 is 1.07 bits per heavy atom. The molecule has 3 heterocycles. The van der Waals surface area contributed by atoms with Crippen molar-refractivity contribution in [3.8, 4) is 17.0 Å². The number of methoxy groups -OCH3 is 1. The third-order valence-corrected chi connectivity index (χ3v) is 5.11. The molecule has 0 atom stereocenters. The maximum absolute atomic E-state index is 12.9. The topological polar surface area (TPSA) is 63.0 Å². The Morgan fingerprint density at radius 3 is 2.43 bits per heavy atom. The summed E-state index contributed by atoms with van der Waals surface area (Å²) in [6.45, 7) is 1.61. The van der Waals surface area contributed by atoms with Gasteiger partial charge < -0.3 is 14.5 Å². The van der Waals surface area contributed by atoms with Gasteiger partial charge >= 0.3 is 0 Å². The Labute approximate surface area is 164 Å². The van der Waals surface area contributed by atoms with Gasteiger partial charge in [-0.05, 0) is 43.5 Å². The summed E-state index contributed by atoms with van der Waals surface area (Å²) in [5.74, 6) is 1.66. The van der Waals surface area contributed by atoms with Crippen molar-refractivity contribution in [2.24, 2.45) is 0 Å². The first-order valence-electron chi connectivity index (χ1n) is 9.58. The molecule has 0 N–H and O–H groups in total. The highest BCUT2D eigenvalue weighted by molar-refractivity contribution is 5.93. The molecule has 7 nitrogen and oxygen atoms in total. The summed E-state index contributed by atoms with van der Waals surface area (Å²) in [5.41, 5.74) is 2.92. The molecule has 3 aromatic rings. The Hall–Kier alpha value is -3.09. The number of benzene rings is 1. The monoisotopic (exact) mass is 379 g/mol. The molecule has 7 heteroatoms. The molecule has 4 rings (SSSR count). The molecule has 28 heavy (non-hydrogen) atoms. The van der Waals surface area contributed by atoms with Crippen molar-refractivity contribution < 1.29 is 9.53 Å². The molecule has 0 bridgehead atoms. The highest BCUT2D eigenvalue weighted by atomic mass is 16.5. The first kappa shape index (κ1) is 18.3. The second-order valence-corrected chi connectivity index (χ2v) is 7.27. The smallest absolute Gasteiger partial charge is 0.274 e. The van der Waals surface area contributed by atoms with Crippen molar-refractivity contribution in [3.05, 3.63) is 42.1 Å². The standard InChI is InChI=1S/C21H25N5O2/c1-24(2)20-14-17(15-7-9-16(28-3)10-8-15)22-19-13-18(23-26(19)20)21(27)25-11-5-4-6-12-25/h7-10,13-14H,4-6,11-12H2,1-3H3. The molecule has 0 spiro atoms. The molecular formula is C21H25N5O2. The molecule has 1 fully saturated rings. The van der Waals surface area contributed by atoms with E-state index in [-0.39, 0.29) is 5.91 Å². The van der Waals surface area contributed by atoms with Gasteiger partial charge in [0.05, 0.1) is 12.8 Å². The molecule has 2 aromatic heterocycles. The molecule has 1 aliphatic heterocycles. The van der Waals surface area contributed by atoms with Gasteiger partial charge in [-0.1, -0.05) is 0 Å². The number of carbonyl (C=O) groups is 1. The van der Waals surface area contributed by atoms with Gasteiger partial charge in [-0.2, -0.15) is 9.61 Å². The van der Waals surface area contributed by atoms with Crippen molar-refractivity contribution in [2.45, 2.75) is 19.3 Å². The van der Waals surface area contributed by atoms with Gasteiger partial charge in [-0.3, -0.25) is 4.79 Å². The van der Waals surface area contributed by atoms with Gasteiger partial charge in [0.25, 0.3) is 5.91 Å². The average molecular weight is 379 g/mol. The number of amides is 1. The molecular weight excluding hydrogens is 354 g/mol. The number of fused-ring (bicyclic) bond motifs is 1. The zero-order valence-corrected chi connectivity index (χ0v) is 16.6. The van der Waals surface area contributed by atoms with E-state index in [4.69, 9.17) is 9.72 Å². The Bertz CT molecular complexity index is 988. The molecule has 1 amide bonds. The minimum Gasteiger partial charge on any atom is -0.497 e. The van der Waals surface area contributed by atoms with Crippen LogP contribution in [-0.2, 0) is 0 Å². The van der Waals surface area contributed by atoms with E-state index >= 15 is 0 Å². The van der Waals surface area contributed by atoms with Crippen LogP contribution < -0.4 is 9.64 Å². The lowest BCUT2D eigenvalue weighted by molar-refractivity contribution is 0.0718. The number of ether oxygens (including phenoxy) is 1. The number of carbonyl (C=O) groups excluding carboxylic acids is 1. The number of piperidine rings is 1. The van der Waals surface area contributed by atoms with Crippen LogP contribution in [0, 0.1) is 0 Å². The minimum atomic E-state index is -0.0131. The fraction of sp³-hybridized carbons (Fsp3) is 0.381. The molecule has 146 valence electrons. The number of anilines is 1. The van der Waals surface area contributed by atoms with E-state index in [9.17, 15) is 4.79 Å². The van der Waals surface area contributed by atoms with E-state index in [1.165, 1.54) is 6.42 Å². The van der Waals surface area contributed by atoms with Crippen LogP contribution in [0.4, 0.5) is 5.82 Å². The van der Waals surface area contributed by atoms with Crippen LogP contribution in [0.25, 0.3) is 16.9 Å². The summed E-state index contributed by atoms with van der Waals surface area (Å²) in [6.07, 6.45) is 3.30. The largest absolute Gasteiger partial charge is 0.497 e. The van der Waals surface area contributed by atoms with Crippen LogP contribution in [-0.4, -0.2) is 59.7 Å². The number of hydrogen-bond donors (Lipinski definition) is 0. The second-order valence-electron chi connectivity index (χ2n) is 7.27. The van der Waals surface area contributed by atoms with Gasteiger partial charge in [0.15, 0.2) is 11.3 Å². The first-order valence-corrected chi connectivity index (χ1v) is 9.58. The lowest BCUT2D eigenvalue weighted by atomic mass is 10.1. The Balaban J connectivity index is 1.76. The van der Waals surface area contributed by atoms with Gasteiger partial charge in [-0.15, -0.1) is 0 Å². The zero-order valence-electron chi connectivity index (χ0n) is 16.6. The third-order valence-electron chi connectivity index (χ3n) is 5.11. The predicted octanol–water partition coefficient (Wildman–Crippen LogP) is 3.10. The highest BCUT2D eigenvalue weighted by Crippen LogP contribution is 2.26. The number of hydrogen-bond acceptors (Lipinski definition) is 5. The van der Waals surface area contributed by atoms with E-state index in [0.29, 0.717) is 11.3 Å². The number of rotatable bonds is 4. The van der Waals surface area contributed by atoms with Crippen LogP contribution in [0.2, 0.25) is 0 Å². The minimum absolute atomic E-state index is 0.0131. The van der Waals surface area contributed by atoms with Crippen molar-refractivity contribution in [3.63, 3.8) is 0 Å². The SMILES string of the molecule is COc1ccc(-c2cc(N(C)C)n3nc(C(=O)N4CCCCC4)cc3n2)cc1. The van der Waals surface area contributed by atoms with Crippen molar-refractivity contribution in [1.82, 2.24) is 19.5 Å². The first-order chi connectivity index (χ1) is 13.6. The van der Waals surface area contributed by atoms with E-state index in [0.717, 1.165) is 48.8 Å². The Kier molecular flexibility index (Phi) is 4.90. The molecule has 1 saturated heterocycles. The third kappa shape index (κ3) is 3.40. The number of nitrogens with zero attached hydrogens (tertiary/aromatic N) is 5. The number of likely N-dealkylation sites (tertiary alicyclic amines) is 1. The summed E-state index contributed by atoms with van der Waals surface area (Å²) in [7, 11) is 5.57. The zero-order chi connectivity index (χ0) is 19.7. The van der Waals surface area contributed by atoms with Gasteiger partial charge in [0.2, 0.25) is 0 Å². The number of aromatic nitrogens is 3.